The molecule has 0 radical (unpaired) electrons. The van der Waals surface area contributed by atoms with Crippen molar-refractivity contribution < 1.29 is 14.3 Å². The van der Waals surface area contributed by atoms with Gasteiger partial charge in [-0.2, -0.15) is 5.10 Å². The number of rotatable bonds is 9. The highest BCUT2D eigenvalue weighted by molar-refractivity contribution is 6.00. The summed E-state index contributed by atoms with van der Waals surface area (Å²) in [4.78, 5) is 15.3. The van der Waals surface area contributed by atoms with Gasteiger partial charge in [-0.3, -0.25) is 9.89 Å². The van der Waals surface area contributed by atoms with Gasteiger partial charge in [0.1, 0.15) is 5.69 Å². The summed E-state index contributed by atoms with van der Waals surface area (Å²) < 4.78 is 11.6. The molecule has 1 N–H and O–H groups in total. The zero-order valence-electron chi connectivity index (χ0n) is 19.3. The molecule has 32 heavy (non-hydrogen) atoms. The van der Waals surface area contributed by atoms with Gasteiger partial charge in [0, 0.05) is 17.7 Å². The average molecular weight is 434 g/mol. The van der Waals surface area contributed by atoms with Crippen molar-refractivity contribution in [3.05, 3.63) is 64.8 Å². The number of unbranched alkanes of at least 4 members (excludes halogenated alkanes) is 1. The number of aromatic nitrogens is 2. The first-order chi connectivity index (χ1) is 15.6. The number of nitrogens with zero attached hydrogens (tertiary/aromatic N) is 2. The Bertz CT molecular complexity index is 1090. The van der Waals surface area contributed by atoms with Crippen LogP contribution in [-0.4, -0.2) is 40.8 Å². The van der Waals surface area contributed by atoms with Crippen molar-refractivity contribution in [1.29, 1.82) is 0 Å². The van der Waals surface area contributed by atoms with Crippen molar-refractivity contribution in [2.45, 2.75) is 46.6 Å². The first-order valence-corrected chi connectivity index (χ1v) is 11.4. The maximum Gasteiger partial charge on any atom is 0.273 e. The Hall–Kier alpha value is -3.28. The minimum absolute atomic E-state index is 0.00356. The molecule has 0 spiro atoms. The number of fused-ring (bicyclic) bond motifs is 1. The zero-order valence-corrected chi connectivity index (χ0v) is 19.3. The van der Waals surface area contributed by atoms with Crippen molar-refractivity contribution in [3.8, 4) is 22.8 Å². The molecular weight excluding hydrogens is 402 g/mol. The lowest BCUT2D eigenvalue weighted by Crippen LogP contribution is -2.30. The molecule has 0 saturated carbocycles. The van der Waals surface area contributed by atoms with Crippen LogP contribution < -0.4 is 9.47 Å². The Kier molecular flexibility index (Phi) is 6.49. The van der Waals surface area contributed by atoms with Crippen molar-refractivity contribution in [1.82, 2.24) is 15.1 Å². The third-order valence-electron chi connectivity index (χ3n) is 5.82. The second-order valence-corrected chi connectivity index (χ2v) is 8.05. The monoisotopic (exact) mass is 433 g/mol. The van der Waals surface area contributed by atoms with Crippen molar-refractivity contribution >= 4 is 5.91 Å². The summed E-state index contributed by atoms with van der Waals surface area (Å²) in [6.45, 7) is 9.90. The molecule has 2 heterocycles. The predicted molar refractivity (Wildman–Crippen MR) is 125 cm³/mol. The average Bonchev–Trinajstić information content (AvgIpc) is 3.33. The first kappa shape index (κ1) is 21.9. The minimum Gasteiger partial charge on any atom is -0.490 e. The molecule has 0 bridgehead atoms. The van der Waals surface area contributed by atoms with Gasteiger partial charge in [0.05, 0.1) is 24.9 Å². The minimum atomic E-state index is -0.228. The van der Waals surface area contributed by atoms with Crippen LogP contribution in [0.4, 0.5) is 0 Å². The lowest BCUT2D eigenvalue weighted by molar-refractivity contribution is 0.0741. The number of H-pyrrole nitrogens is 1. The van der Waals surface area contributed by atoms with E-state index in [9.17, 15) is 4.79 Å². The largest absolute Gasteiger partial charge is 0.490 e. The highest BCUT2D eigenvalue weighted by atomic mass is 16.5. The van der Waals surface area contributed by atoms with Crippen LogP contribution in [0.2, 0.25) is 0 Å². The summed E-state index contributed by atoms with van der Waals surface area (Å²) in [6.07, 6.45) is 1.95. The summed E-state index contributed by atoms with van der Waals surface area (Å²) in [5.74, 6) is 1.41. The number of amides is 1. The Balaban J connectivity index is 1.84. The number of aromatic amines is 1. The molecule has 1 atom stereocenters. The van der Waals surface area contributed by atoms with Crippen molar-refractivity contribution in [3.63, 3.8) is 0 Å². The molecule has 4 rings (SSSR count). The third kappa shape index (κ3) is 3.97. The van der Waals surface area contributed by atoms with Gasteiger partial charge in [0.25, 0.3) is 5.91 Å². The molecule has 2 aromatic carbocycles. The number of hydrogen-bond donors (Lipinski definition) is 1. The number of nitrogens with one attached hydrogen (secondary N) is 1. The molecule has 1 aliphatic rings. The topological polar surface area (TPSA) is 67.5 Å². The maximum atomic E-state index is 13.4. The lowest BCUT2D eigenvalue weighted by atomic mass is 9.95. The Morgan fingerprint density at radius 1 is 1.00 bits per heavy atom. The molecule has 3 aromatic rings. The fourth-order valence-corrected chi connectivity index (χ4v) is 4.27. The van der Waals surface area contributed by atoms with Gasteiger partial charge < -0.3 is 14.4 Å². The van der Waals surface area contributed by atoms with Crippen LogP contribution in [0, 0.1) is 6.92 Å². The quantitative estimate of drug-likeness (QED) is 0.482. The van der Waals surface area contributed by atoms with E-state index in [0.717, 1.165) is 35.2 Å². The number of hydrogen-bond acceptors (Lipinski definition) is 4. The normalized spacial score (nSPS) is 15.2. The van der Waals surface area contributed by atoms with E-state index in [4.69, 9.17) is 9.47 Å². The van der Waals surface area contributed by atoms with Gasteiger partial charge in [0.15, 0.2) is 11.5 Å². The molecule has 1 aromatic heterocycles. The molecule has 6 heteroatoms. The summed E-state index contributed by atoms with van der Waals surface area (Å²) in [7, 11) is 0. The van der Waals surface area contributed by atoms with E-state index in [1.807, 2.05) is 36.9 Å². The van der Waals surface area contributed by atoms with Crippen LogP contribution in [0.15, 0.2) is 42.5 Å². The standard InChI is InChI=1S/C26H31N3O3/c1-5-8-15-29-25(19-13-14-20(31-6-2)21(16-19)32-7-3)22-23(27-28-24(22)26(29)30)18-11-9-17(4)10-12-18/h9-14,16,25H,5-8,15H2,1-4H3,(H,27,28). The van der Waals surface area contributed by atoms with Gasteiger partial charge >= 0.3 is 0 Å². The molecule has 0 saturated heterocycles. The molecule has 0 aliphatic carbocycles. The second-order valence-electron chi connectivity index (χ2n) is 8.05. The maximum absolute atomic E-state index is 13.4. The van der Waals surface area contributed by atoms with Gasteiger partial charge in [-0.25, -0.2) is 0 Å². The lowest BCUT2D eigenvalue weighted by Gasteiger charge is -2.27. The molecule has 0 fully saturated rings. The Morgan fingerprint density at radius 2 is 1.72 bits per heavy atom. The fourth-order valence-electron chi connectivity index (χ4n) is 4.27. The second kappa shape index (κ2) is 9.47. The molecule has 1 unspecified atom stereocenters. The van der Waals surface area contributed by atoms with Crippen LogP contribution in [-0.2, 0) is 0 Å². The van der Waals surface area contributed by atoms with Gasteiger partial charge in [0.2, 0.25) is 0 Å². The highest BCUT2D eigenvalue weighted by Gasteiger charge is 2.42. The Morgan fingerprint density at radius 3 is 2.41 bits per heavy atom. The molecule has 168 valence electrons. The summed E-state index contributed by atoms with van der Waals surface area (Å²) in [5, 5.41) is 7.59. The van der Waals surface area contributed by atoms with Crippen LogP contribution in [0.3, 0.4) is 0 Å². The van der Waals surface area contributed by atoms with Crippen LogP contribution in [0.1, 0.15) is 66.8 Å². The van der Waals surface area contributed by atoms with E-state index in [0.29, 0.717) is 37.0 Å². The summed E-state index contributed by atoms with van der Waals surface area (Å²) >= 11 is 0. The first-order valence-electron chi connectivity index (χ1n) is 11.4. The summed E-state index contributed by atoms with van der Waals surface area (Å²) in [5.41, 5.74) is 5.51. The fraction of sp³-hybridized carbons (Fsp3) is 0.385. The summed E-state index contributed by atoms with van der Waals surface area (Å²) in [6, 6.07) is 14.0. The molecule has 1 aliphatic heterocycles. The molecule has 6 nitrogen and oxygen atoms in total. The number of aryl methyl sites for hydroxylation is 1. The van der Waals surface area contributed by atoms with Gasteiger partial charge in [-0.15, -0.1) is 0 Å². The molecule has 1 amide bonds. The van der Waals surface area contributed by atoms with E-state index in [-0.39, 0.29) is 11.9 Å². The smallest absolute Gasteiger partial charge is 0.273 e. The number of carbonyl (C=O) groups is 1. The molecular formula is C26H31N3O3. The van der Waals surface area contributed by atoms with E-state index >= 15 is 0 Å². The SMILES string of the molecule is CCCCN1C(=O)c2[nH]nc(-c3ccc(C)cc3)c2C1c1ccc(OCC)c(OCC)c1. The number of carbonyl (C=O) groups excluding carboxylic acids is 1. The van der Waals surface area contributed by atoms with E-state index in [1.54, 1.807) is 0 Å². The Labute approximate surface area is 189 Å². The number of ether oxygens (including phenoxy) is 2. The van der Waals surface area contributed by atoms with E-state index in [1.165, 1.54) is 5.56 Å². The van der Waals surface area contributed by atoms with Crippen molar-refractivity contribution in [2.24, 2.45) is 0 Å². The van der Waals surface area contributed by atoms with Crippen LogP contribution in [0.25, 0.3) is 11.3 Å². The van der Waals surface area contributed by atoms with E-state index < -0.39 is 0 Å². The van der Waals surface area contributed by atoms with Crippen molar-refractivity contribution in [2.75, 3.05) is 19.8 Å². The van der Waals surface area contributed by atoms with E-state index in [2.05, 4.69) is 48.3 Å². The zero-order chi connectivity index (χ0) is 22.7. The van der Waals surface area contributed by atoms with Crippen LogP contribution in [0.5, 0.6) is 11.5 Å². The third-order valence-corrected chi connectivity index (χ3v) is 5.82. The predicted octanol–water partition coefficient (Wildman–Crippen LogP) is 5.53. The van der Waals surface area contributed by atoms with Gasteiger partial charge in [-0.1, -0.05) is 49.2 Å². The van der Waals surface area contributed by atoms with Crippen LogP contribution >= 0.6 is 0 Å². The van der Waals surface area contributed by atoms with Gasteiger partial charge in [-0.05, 0) is 44.9 Å². The highest BCUT2D eigenvalue weighted by Crippen LogP contribution is 2.44. The number of benzene rings is 2.